The zero-order valence-corrected chi connectivity index (χ0v) is 16.2. The molecule has 2 N–H and O–H groups in total. The quantitative estimate of drug-likeness (QED) is 0.450. The van der Waals surface area contributed by atoms with Crippen LogP contribution in [-0.4, -0.2) is 34.3 Å². The molecule has 158 valence electrons. The fourth-order valence-electron chi connectivity index (χ4n) is 3.39. The molecule has 3 rings (SSSR count). The van der Waals surface area contributed by atoms with Gasteiger partial charge in [0.15, 0.2) is 5.96 Å². The molecule has 0 aliphatic carbocycles. The number of benzene rings is 1. The molecule has 2 aromatic rings. The number of aromatic nitrogens is 3. The standard InChI is InChI=1S/C19H24F4N6/c1-24-18(26-12-13-6-7-14(20)11-15(13)19(21,22)23)25-9-8-17-28-27-16-5-3-2-4-10-29(16)17/h6-7,11H,2-5,8-10,12H2,1H3,(H2,24,25,26). The fraction of sp³-hybridized carbons (Fsp3) is 0.526. The largest absolute Gasteiger partial charge is 0.416 e. The highest BCUT2D eigenvalue weighted by Gasteiger charge is 2.33. The number of hydrogen-bond acceptors (Lipinski definition) is 3. The van der Waals surface area contributed by atoms with Crippen LogP contribution in [0.3, 0.4) is 0 Å². The van der Waals surface area contributed by atoms with E-state index in [2.05, 4.69) is 30.4 Å². The van der Waals surface area contributed by atoms with E-state index < -0.39 is 17.6 Å². The highest BCUT2D eigenvalue weighted by atomic mass is 19.4. The number of nitrogens with zero attached hydrogens (tertiary/aromatic N) is 4. The maximum Gasteiger partial charge on any atom is 0.416 e. The van der Waals surface area contributed by atoms with Crippen molar-refractivity contribution < 1.29 is 17.6 Å². The van der Waals surface area contributed by atoms with E-state index in [4.69, 9.17) is 0 Å². The van der Waals surface area contributed by atoms with Gasteiger partial charge in [-0.2, -0.15) is 13.2 Å². The Kier molecular flexibility index (Phi) is 6.71. The Balaban J connectivity index is 1.55. The molecule has 0 bridgehead atoms. The van der Waals surface area contributed by atoms with Crippen LogP contribution in [0.2, 0.25) is 0 Å². The fourth-order valence-corrected chi connectivity index (χ4v) is 3.39. The van der Waals surface area contributed by atoms with Gasteiger partial charge in [-0.15, -0.1) is 10.2 Å². The number of rotatable bonds is 5. The third-order valence-corrected chi connectivity index (χ3v) is 4.87. The molecule has 0 saturated heterocycles. The first-order valence-corrected chi connectivity index (χ1v) is 9.59. The van der Waals surface area contributed by atoms with Crippen LogP contribution in [0, 0.1) is 5.82 Å². The maximum absolute atomic E-state index is 13.2. The van der Waals surface area contributed by atoms with E-state index in [1.54, 1.807) is 0 Å². The number of nitrogens with one attached hydrogen (secondary N) is 2. The summed E-state index contributed by atoms with van der Waals surface area (Å²) in [7, 11) is 1.54. The van der Waals surface area contributed by atoms with Crippen LogP contribution < -0.4 is 10.6 Å². The summed E-state index contributed by atoms with van der Waals surface area (Å²) in [5.74, 6) is 1.34. The van der Waals surface area contributed by atoms with Crippen molar-refractivity contribution in [3.63, 3.8) is 0 Å². The van der Waals surface area contributed by atoms with E-state index in [1.165, 1.54) is 13.5 Å². The summed E-state index contributed by atoms with van der Waals surface area (Å²) >= 11 is 0. The van der Waals surface area contributed by atoms with Crippen molar-refractivity contribution in [3.05, 3.63) is 46.8 Å². The molecule has 6 nitrogen and oxygen atoms in total. The number of aryl methyl sites for hydroxylation is 1. The number of guanidine groups is 1. The van der Waals surface area contributed by atoms with Crippen molar-refractivity contribution in [2.45, 2.75) is 51.4 Å². The normalized spacial score (nSPS) is 15.0. The molecule has 0 radical (unpaired) electrons. The van der Waals surface area contributed by atoms with E-state index >= 15 is 0 Å². The van der Waals surface area contributed by atoms with E-state index in [0.717, 1.165) is 49.6 Å². The third kappa shape index (κ3) is 5.45. The lowest BCUT2D eigenvalue weighted by molar-refractivity contribution is -0.138. The van der Waals surface area contributed by atoms with Crippen molar-refractivity contribution in [1.29, 1.82) is 0 Å². The zero-order chi connectivity index (χ0) is 20.9. The van der Waals surface area contributed by atoms with Gasteiger partial charge in [0.25, 0.3) is 0 Å². The number of alkyl halides is 3. The van der Waals surface area contributed by atoms with Crippen molar-refractivity contribution in [1.82, 2.24) is 25.4 Å². The number of halogens is 4. The number of fused-ring (bicyclic) bond motifs is 1. The monoisotopic (exact) mass is 412 g/mol. The van der Waals surface area contributed by atoms with Gasteiger partial charge in [0, 0.05) is 39.5 Å². The molecule has 0 saturated carbocycles. The summed E-state index contributed by atoms with van der Waals surface area (Å²) in [5.41, 5.74) is -1.05. The molecule has 0 spiro atoms. The lowest BCUT2D eigenvalue weighted by atomic mass is 10.1. The van der Waals surface area contributed by atoms with Crippen molar-refractivity contribution in [2.75, 3.05) is 13.6 Å². The Morgan fingerprint density at radius 1 is 1.17 bits per heavy atom. The molecule has 10 heteroatoms. The van der Waals surface area contributed by atoms with E-state index in [0.29, 0.717) is 25.0 Å². The van der Waals surface area contributed by atoms with Gasteiger partial charge in [0.2, 0.25) is 0 Å². The average Bonchev–Trinajstić information content (AvgIpc) is 2.91. The van der Waals surface area contributed by atoms with Crippen LogP contribution in [0.5, 0.6) is 0 Å². The van der Waals surface area contributed by atoms with Crippen LogP contribution in [0.15, 0.2) is 23.2 Å². The first kappa shape index (κ1) is 21.1. The Hall–Kier alpha value is -2.65. The SMILES string of the molecule is CN=C(NCCc1nnc2n1CCCCC2)NCc1ccc(F)cc1C(F)(F)F. The highest BCUT2D eigenvalue weighted by Crippen LogP contribution is 2.32. The van der Waals surface area contributed by atoms with Gasteiger partial charge in [-0.3, -0.25) is 4.99 Å². The number of hydrogen-bond donors (Lipinski definition) is 2. The Morgan fingerprint density at radius 3 is 2.76 bits per heavy atom. The maximum atomic E-state index is 13.2. The van der Waals surface area contributed by atoms with Gasteiger partial charge in [-0.05, 0) is 30.5 Å². The molecular formula is C19H24F4N6. The van der Waals surface area contributed by atoms with Crippen molar-refractivity contribution in [2.24, 2.45) is 4.99 Å². The molecule has 0 unspecified atom stereocenters. The summed E-state index contributed by atoms with van der Waals surface area (Å²) in [5, 5.41) is 14.4. The first-order valence-electron chi connectivity index (χ1n) is 9.59. The van der Waals surface area contributed by atoms with Crippen LogP contribution >= 0.6 is 0 Å². The predicted octanol–water partition coefficient (Wildman–Crippen LogP) is 3.07. The zero-order valence-electron chi connectivity index (χ0n) is 16.2. The number of aliphatic imine (C=N–C) groups is 1. The van der Waals surface area contributed by atoms with E-state index in [9.17, 15) is 17.6 Å². The molecule has 1 aliphatic heterocycles. The minimum Gasteiger partial charge on any atom is -0.356 e. The molecule has 29 heavy (non-hydrogen) atoms. The predicted molar refractivity (Wildman–Crippen MR) is 101 cm³/mol. The minimum atomic E-state index is -4.62. The summed E-state index contributed by atoms with van der Waals surface area (Å²) in [6, 6.07) is 2.65. The summed E-state index contributed by atoms with van der Waals surface area (Å²) in [4.78, 5) is 4.03. The molecular weight excluding hydrogens is 388 g/mol. The van der Waals surface area contributed by atoms with Crippen LogP contribution in [0.4, 0.5) is 17.6 Å². The van der Waals surface area contributed by atoms with Gasteiger partial charge in [-0.1, -0.05) is 12.5 Å². The van der Waals surface area contributed by atoms with Crippen molar-refractivity contribution >= 4 is 5.96 Å². The molecule has 0 amide bonds. The Labute approximate surface area is 166 Å². The molecule has 1 aliphatic rings. The summed E-state index contributed by atoms with van der Waals surface area (Å²) in [6.45, 7) is 1.29. The van der Waals surface area contributed by atoms with Gasteiger partial charge in [0.1, 0.15) is 17.5 Å². The average molecular weight is 412 g/mol. The third-order valence-electron chi connectivity index (χ3n) is 4.87. The van der Waals surface area contributed by atoms with Crippen LogP contribution in [-0.2, 0) is 32.1 Å². The Bertz CT molecular complexity index is 859. The van der Waals surface area contributed by atoms with Crippen molar-refractivity contribution in [3.8, 4) is 0 Å². The molecule has 1 aromatic heterocycles. The van der Waals surface area contributed by atoms with Crippen LogP contribution in [0.1, 0.15) is 42.0 Å². The summed E-state index contributed by atoms with van der Waals surface area (Å²) < 4.78 is 54.7. The van der Waals surface area contributed by atoms with Gasteiger partial charge >= 0.3 is 6.18 Å². The lowest BCUT2D eigenvalue weighted by Crippen LogP contribution is -2.38. The topological polar surface area (TPSA) is 67.1 Å². The second-order valence-electron chi connectivity index (χ2n) is 6.90. The Morgan fingerprint density at radius 2 is 2.00 bits per heavy atom. The second-order valence-corrected chi connectivity index (χ2v) is 6.90. The lowest BCUT2D eigenvalue weighted by Gasteiger charge is -2.16. The van der Waals surface area contributed by atoms with E-state index in [1.807, 2.05) is 0 Å². The highest BCUT2D eigenvalue weighted by molar-refractivity contribution is 5.79. The summed E-state index contributed by atoms with van der Waals surface area (Å²) in [6.07, 6.45) is 0.341. The molecule has 0 atom stereocenters. The first-order chi connectivity index (χ1) is 13.9. The van der Waals surface area contributed by atoms with Gasteiger partial charge in [-0.25, -0.2) is 4.39 Å². The van der Waals surface area contributed by atoms with Gasteiger partial charge in [0.05, 0.1) is 5.56 Å². The van der Waals surface area contributed by atoms with E-state index in [-0.39, 0.29) is 12.1 Å². The minimum absolute atomic E-state index is 0.0513. The molecule has 0 fully saturated rings. The van der Waals surface area contributed by atoms with Gasteiger partial charge < -0.3 is 15.2 Å². The molecule has 2 heterocycles. The van der Waals surface area contributed by atoms with Crippen LogP contribution in [0.25, 0.3) is 0 Å². The second kappa shape index (κ2) is 9.23. The molecule has 1 aromatic carbocycles. The smallest absolute Gasteiger partial charge is 0.356 e.